The normalized spacial score (nSPS) is 15.4. The zero-order chi connectivity index (χ0) is 23.5. The maximum Gasteiger partial charge on any atom is 0.278 e. The first kappa shape index (κ1) is 21.9. The first-order valence-electron chi connectivity index (χ1n) is 11.7. The van der Waals surface area contributed by atoms with Crippen molar-refractivity contribution in [1.29, 1.82) is 0 Å². The number of hydrogen-bond acceptors (Lipinski definition) is 5. The van der Waals surface area contributed by atoms with E-state index < -0.39 is 0 Å². The lowest BCUT2D eigenvalue weighted by Crippen LogP contribution is -2.49. The molecule has 3 heterocycles. The van der Waals surface area contributed by atoms with Crippen molar-refractivity contribution >= 4 is 23.2 Å². The van der Waals surface area contributed by atoms with E-state index in [1.807, 2.05) is 47.4 Å². The van der Waals surface area contributed by atoms with Crippen LogP contribution in [-0.4, -0.2) is 59.2 Å². The Hall–Kier alpha value is -3.94. The van der Waals surface area contributed by atoms with Crippen molar-refractivity contribution < 1.29 is 9.59 Å². The minimum absolute atomic E-state index is 0.00777. The van der Waals surface area contributed by atoms with Crippen LogP contribution in [-0.2, 0) is 17.8 Å². The minimum atomic E-state index is -0.319. The zero-order valence-corrected chi connectivity index (χ0v) is 19.0. The summed E-state index contributed by atoms with van der Waals surface area (Å²) >= 11 is 0. The number of piperazine rings is 1. The van der Waals surface area contributed by atoms with Crippen molar-refractivity contribution in [3.05, 3.63) is 88.3 Å². The molecule has 2 amide bonds. The topological polar surface area (TPSA) is 78.8 Å². The van der Waals surface area contributed by atoms with E-state index in [0.717, 1.165) is 36.4 Å². The standard InChI is InChI=1S/C26H27N5O3/c32-24(29-18-16-28(17-19-29)21-7-2-1-3-8-21)13-15-31-25(33)11-10-22(27-31)26(34)30-14-12-20-6-4-5-9-23(20)30/h1-11H,12-19H2. The van der Waals surface area contributed by atoms with Gasteiger partial charge in [0.15, 0.2) is 0 Å². The number of fused-ring (bicyclic) bond motifs is 1. The van der Waals surface area contributed by atoms with Crippen molar-refractivity contribution in [2.45, 2.75) is 19.4 Å². The molecular formula is C26H27N5O3. The maximum atomic E-state index is 13.1. The Bertz CT molecular complexity index is 1250. The van der Waals surface area contributed by atoms with Gasteiger partial charge in [-0.15, -0.1) is 0 Å². The van der Waals surface area contributed by atoms with E-state index in [1.165, 1.54) is 16.8 Å². The van der Waals surface area contributed by atoms with Crippen LogP contribution in [0, 0.1) is 0 Å². The van der Waals surface area contributed by atoms with Crippen molar-refractivity contribution in [2.24, 2.45) is 0 Å². The Morgan fingerprint density at radius 2 is 1.56 bits per heavy atom. The van der Waals surface area contributed by atoms with Gasteiger partial charge in [-0.25, -0.2) is 4.68 Å². The molecule has 1 fully saturated rings. The number of aromatic nitrogens is 2. The summed E-state index contributed by atoms with van der Waals surface area (Å²) in [7, 11) is 0. The van der Waals surface area contributed by atoms with Crippen LogP contribution in [0.15, 0.2) is 71.5 Å². The van der Waals surface area contributed by atoms with E-state index in [4.69, 9.17) is 0 Å². The largest absolute Gasteiger partial charge is 0.368 e. The Morgan fingerprint density at radius 3 is 2.35 bits per heavy atom. The van der Waals surface area contributed by atoms with Crippen molar-refractivity contribution in [3.8, 4) is 0 Å². The number of carbonyl (C=O) groups excluding carboxylic acids is 2. The third kappa shape index (κ3) is 4.44. The highest BCUT2D eigenvalue weighted by Crippen LogP contribution is 2.28. The van der Waals surface area contributed by atoms with Gasteiger partial charge in [0.05, 0.1) is 6.54 Å². The fourth-order valence-electron chi connectivity index (χ4n) is 4.62. The summed E-state index contributed by atoms with van der Waals surface area (Å²) in [6.07, 6.45) is 0.968. The molecule has 8 nitrogen and oxygen atoms in total. The van der Waals surface area contributed by atoms with Crippen LogP contribution in [0.5, 0.6) is 0 Å². The minimum Gasteiger partial charge on any atom is -0.368 e. The number of amides is 2. The van der Waals surface area contributed by atoms with Crippen molar-refractivity contribution in [3.63, 3.8) is 0 Å². The van der Waals surface area contributed by atoms with E-state index in [-0.39, 0.29) is 36.0 Å². The van der Waals surface area contributed by atoms with E-state index >= 15 is 0 Å². The van der Waals surface area contributed by atoms with Gasteiger partial charge in [-0.05, 0) is 36.2 Å². The molecule has 1 aromatic heterocycles. The lowest BCUT2D eigenvalue weighted by Gasteiger charge is -2.36. The lowest BCUT2D eigenvalue weighted by atomic mass is 10.2. The first-order valence-corrected chi connectivity index (χ1v) is 11.7. The predicted molar refractivity (Wildman–Crippen MR) is 130 cm³/mol. The molecule has 0 unspecified atom stereocenters. The van der Waals surface area contributed by atoms with Crippen molar-refractivity contribution in [1.82, 2.24) is 14.7 Å². The molecule has 0 saturated carbocycles. The number of carbonyl (C=O) groups is 2. The maximum absolute atomic E-state index is 13.1. The van der Waals surface area contributed by atoms with Crippen molar-refractivity contribution in [2.75, 3.05) is 42.5 Å². The molecule has 34 heavy (non-hydrogen) atoms. The Balaban J connectivity index is 1.20. The third-order valence-corrected chi connectivity index (χ3v) is 6.51. The van der Waals surface area contributed by atoms with Gasteiger partial charge in [0.1, 0.15) is 5.69 Å². The lowest BCUT2D eigenvalue weighted by molar-refractivity contribution is -0.131. The van der Waals surface area contributed by atoms with E-state index in [1.54, 1.807) is 4.90 Å². The Labute approximate surface area is 198 Å². The Morgan fingerprint density at radius 1 is 0.824 bits per heavy atom. The van der Waals surface area contributed by atoms with Crippen LogP contribution in [0.25, 0.3) is 0 Å². The van der Waals surface area contributed by atoms with E-state index in [9.17, 15) is 14.4 Å². The highest BCUT2D eigenvalue weighted by Gasteiger charge is 2.27. The molecule has 0 spiro atoms. The van der Waals surface area contributed by atoms with Crippen LogP contribution in [0.2, 0.25) is 0 Å². The highest BCUT2D eigenvalue weighted by atomic mass is 16.2. The smallest absolute Gasteiger partial charge is 0.278 e. The SMILES string of the molecule is O=C(CCn1nc(C(=O)N2CCc3ccccc32)ccc1=O)N1CCN(c2ccccc2)CC1. The van der Waals surface area contributed by atoms with E-state index in [0.29, 0.717) is 19.6 Å². The quantitative estimate of drug-likeness (QED) is 0.587. The fourth-order valence-corrected chi connectivity index (χ4v) is 4.62. The molecule has 3 aromatic rings. The molecule has 2 aliphatic heterocycles. The van der Waals surface area contributed by atoms with Crippen LogP contribution in [0.4, 0.5) is 11.4 Å². The van der Waals surface area contributed by atoms with Crippen LogP contribution >= 0.6 is 0 Å². The second-order valence-electron chi connectivity index (χ2n) is 8.57. The van der Waals surface area contributed by atoms with Crippen LogP contribution < -0.4 is 15.4 Å². The first-order chi connectivity index (χ1) is 16.6. The average molecular weight is 458 g/mol. The van der Waals surface area contributed by atoms with Gasteiger partial charge < -0.3 is 14.7 Å². The molecular weight excluding hydrogens is 430 g/mol. The Kier molecular flexibility index (Phi) is 6.12. The monoisotopic (exact) mass is 457 g/mol. The number of rotatable bonds is 5. The van der Waals surface area contributed by atoms with Gasteiger partial charge in [-0.3, -0.25) is 14.4 Å². The third-order valence-electron chi connectivity index (χ3n) is 6.51. The average Bonchev–Trinajstić information content (AvgIpc) is 3.32. The second-order valence-corrected chi connectivity index (χ2v) is 8.57. The molecule has 0 atom stereocenters. The molecule has 2 aliphatic rings. The number of benzene rings is 2. The van der Waals surface area contributed by atoms with Gasteiger partial charge in [0.2, 0.25) is 5.91 Å². The van der Waals surface area contributed by atoms with Gasteiger partial charge in [0.25, 0.3) is 11.5 Å². The molecule has 174 valence electrons. The molecule has 2 aromatic carbocycles. The summed E-state index contributed by atoms with van der Waals surface area (Å²) in [4.78, 5) is 44.0. The summed E-state index contributed by atoms with van der Waals surface area (Å²) < 4.78 is 1.23. The molecule has 0 radical (unpaired) electrons. The van der Waals surface area contributed by atoms with Crippen LogP contribution in [0.1, 0.15) is 22.5 Å². The summed E-state index contributed by atoms with van der Waals surface area (Å²) in [6.45, 7) is 3.57. The fraction of sp³-hybridized carbons (Fsp3) is 0.308. The summed E-state index contributed by atoms with van der Waals surface area (Å²) in [5.41, 5.74) is 3.06. The molecule has 0 bridgehead atoms. The predicted octanol–water partition coefficient (Wildman–Crippen LogP) is 2.19. The highest BCUT2D eigenvalue weighted by molar-refractivity contribution is 6.05. The van der Waals surface area contributed by atoms with E-state index in [2.05, 4.69) is 22.1 Å². The number of hydrogen-bond donors (Lipinski definition) is 0. The number of anilines is 2. The summed E-state index contributed by atoms with van der Waals surface area (Å²) in [5.74, 6) is -0.242. The molecule has 8 heteroatoms. The zero-order valence-electron chi connectivity index (χ0n) is 19.0. The van der Waals surface area contributed by atoms with Crippen LogP contribution in [0.3, 0.4) is 0 Å². The van der Waals surface area contributed by atoms with Gasteiger partial charge in [-0.2, -0.15) is 5.10 Å². The van der Waals surface area contributed by atoms with Gasteiger partial charge >= 0.3 is 0 Å². The molecule has 5 rings (SSSR count). The van der Waals surface area contributed by atoms with Gasteiger partial charge in [-0.1, -0.05) is 36.4 Å². The molecule has 1 saturated heterocycles. The summed E-state index contributed by atoms with van der Waals surface area (Å²) in [5, 5.41) is 4.29. The van der Waals surface area contributed by atoms with Gasteiger partial charge in [0, 0.05) is 56.6 Å². The summed E-state index contributed by atoms with van der Waals surface area (Å²) in [6, 6.07) is 20.8. The number of aryl methyl sites for hydroxylation is 1. The second kappa shape index (κ2) is 9.51. The number of para-hydroxylation sites is 2. The number of nitrogens with zero attached hydrogens (tertiary/aromatic N) is 5. The molecule has 0 N–H and O–H groups in total. The molecule has 0 aliphatic carbocycles.